The zero-order chi connectivity index (χ0) is 15.6. The lowest BCUT2D eigenvalue weighted by Gasteiger charge is -2.22. The van der Waals surface area contributed by atoms with Gasteiger partial charge in [0.15, 0.2) is 0 Å². The minimum Gasteiger partial charge on any atom is -0.381 e. The highest BCUT2D eigenvalue weighted by Crippen LogP contribution is 2.26. The summed E-state index contributed by atoms with van der Waals surface area (Å²) in [6.07, 6.45) is 8.30. The minimum absolute atomic E-state index is 0.418. The van der Waals surface area contributed by atoms with Crippen LogP contribution in [0, 0.1) is 6.92 Å². The highest BCUT2D eigenvalue weighted by atomic mass is 16.5. The van der Waals surface area contributed by atoms with Gasteiger partial charge in [0.05, 0.1) is 17.4 Å². The third-order valence-corrected chi connectivity index (χ3v) is 4.31. The maximum atomic E-state index is 5.42. The number of aryl methyl sites for hydroxylation is 1. The van der Waals surface area contributed by atoms with Crippen LogP contribution in [0.2, 0.25) is 0 Å². The van der Waals surface area contributed by atoms with E-state index in [2.05, 4.69) is 31.9 Å². The van der Waals surface area contributed by atoms with Crippen LogP contribution in [-0.4, -0.2) is 39.0 Å². The molecular weight excluding hydrogens is 292 g/mol. The molecule has 0 unspecified atom stereocenters. The summed E-state index contributed by atoms with van der Waals surface area (Å²) in [4.78, 5) is 8.83. The van der Waals surface area contributed by atoms with Gasteiger partial charge < -0.3 is 15.4 Å². The van der Waals surface area contributed by atoms with Gasteiger partial charge in [0.2, 0.25) is 5.95 Å². The second kappa shape index (κ2) is 6.16. The Kier molecular flexibility index (Phi) is 3.87. The van der Waals surface area contributed by atoms with Crippen molar-refractivity contribution < 1.29 is 4.74 Å². The lowest BCUT2D eigenvalue weighted by Crippen LogP contribution is -2.19. The second-order valence-corrected chi connectivity index (χ2v) is 6.26. The highest BCUT2D eigenvalue weighted by Gasteiger charge is 2.21. The number of ether oxygens (including phenoxy) is 1. The van der Waals surface area contributed by atoms with Crippen molar-refractivity contribution >= 4 is 17.5 Å². The first kappa shape index (κ1) is 14.4. The molecule has 1 aliphatic carbocycles. The van der Waals surface area contributed by atoms with Crippen LogP contribution < -0.4 is 10.6 Å². The van der Waals surface area contributed by atoms with Crippen molar-refractivity contribution in [2.75, 3.05) is 23.8 Å². The number of rotatable bonds is 5. The smallest absolute Gasteiger partial charge is 0.229 e. The standard InChI is InChI=1S/C16H22N6O/c1-11-14(10-22(21-11)13-5-8-23-9-6-13)19-16-17-7-4-15(20-16)18-12-2-3-12/h4,7,10,12-13H,2-3,5-6,8-9H2,1H3,(H2,17,18,19,20). The van der Waals surface area contributed by atoms with Crippen LogP contribution in [0.1, 0.15) is 37.4 Å². The third-order valence-electron chi connectivity index (χ3n) is 4.31. The summed E-state index contributed by atoms with van der Waals surface area (Å²) in [6, 6.07) is 2.90. The number of nitrogens with zero attached hydrogens (tertiary/aromatic N) is 4. The molecule has 1 saturated heterocycles. The zero-order valence-corrected chi connectivity index (χ0v) is 13.3. The molecule has 23 heavy (non-hydrogen) atoms. The Morgan fingerprint density at radius 3 is 2.83 bits per heavy atom. The van der Waals surface area contributed by atoms with Crippen LogP contribution in [-0.2, 0) is 4.74 Å². The van der Waals surface area contributed by atoms with Gasteiger partial charge in [0.1, 0.15) is 5.82 Å². The summed E-state index contributed by atoms with van der Waals surface area (Å²) >= 11 is 0. The van der Waals surface area contributed by atoms with Crippen LogP contribution in [0.5, 0.6) is 0 Å². The van der Waals surface area contributed by atoms with Gasteiger partial charge in [-0.1, -0.05) is 0 Å². The Labute approximate surface area is 135 Å². The van der Waals surface area contributed by atoms with Crippen molar-refractivity contribution in [1.82, 2.24) is 19.7 Å². The van der Waals surface area contributed by atoms with E-state index >= 15 is 0 Å². The Hall–Kier alpha value is -2.15. The van der Waals surface area contributed by atoms with E-state index in [0.29, 0.717) is 18.0 Å². The summed E-state index contributed by atoms with van der Waals surface area (Å²) in [5, 5.41) is 11.3. The summed E-state index contributed by atoms with van der Waals surface area (Å²) in [5.41, 5.74) is 1.92. The summed E-state index contributed by atoms with van der Waals surface area (Å²) in [7, 11) is 0. The van der Waals surface area contributed by atoms with E-state index in [0.717, 1.165) is 43.3 Å². The molecule has 0 radical (unpaired) electrons. The molecule has 0 atom stereocenters. The monoisotopic (exact) mass is 314 g/mol. The van der Waals surface area contributed by atoms with Crippen molar-refractivity contribution in [3.63, 3.8) is 0 Å². The molecule has 122 valence electrons. The van der Waals surface area contributed by atoms with Crippen LogP contribution in [0.3, 0.4) is 0 Å². The fourth-order valence-electron chi connectivity index (χ4n) is 2.80. The van der Waals surface area contributed by atoms with Crippen LogP contribution in [0.15, 0.2) is 18.5 Å². The summed E-state index contributed by atoms with van der Waals surface area (Å²) < 4.78 is 7.47. The van der Waals surface area contributed by atoms with E-state index in [1.165, 1.54) is 12.8 Å². The van der Waals surface area contributed by atoms with Crippen LogP contribution in [0.25, 0.3) is 0 Å². The van der Waals surface area contributed by atoms with Crippen molar-refractivity contribution in [3.8, 4) is 0 Å². The lowest BCUT2D eigenvalue weighted by atomic mass is 10.1. The quantitative estimate of drug-likeness (QED) is 0.883. The van der Waals surface area contributed by atoms with E-state index in [1.54, 1.807) is 6.20 Å². The van der Waals surface area contributed by atoms with Gasteiger partial charge in [0, 0.05) is 31.6 Å². The molecule has 2 aromatic rings. The molecule has 1 aliphatic heterocycles. The predicted molar refractivity (Wildman–Crippen MR) is 88.0 cm³/mol. The van der Waals surface area contributed by atoms with Crippen LogP contribution in [0.4, 0.5) is 17.5 Å². The maximum Gasteiger partial charge on any atom is 0.229 e. The molecule has 1 saturated carbocycles. The van der Waals surface area contributed by atoms with Crippen molar-refractivity contribution in [1.29, 1.82) is 0 Å². The summed E-state index contributed by atoms with van der Waals surface area (Å²) in [5.74, 6) is 1.48. The molecule has 2 N–H and O–H groups in total. The predicted octanol–water partition coefficient (Wildman–Crippen LogP) is 2.65. The molecule has 0 amide bonds. The minimum atomic E-state index is 0.418. The molecule has 0 bridgehead atoms. The first-order valence-electron chi connectivity index (χ1n) is 8.28. The van der Waals surface area contributed by atoms with Crippen molar-refractivity contribution in [2.45, 2.75) is 44.7 Å². The molecule has 0 aromatic carbocycles. The molecular formula is C16H22N6O. The molecule has 7 heteroatoms. The normalized spacial score (nSPS) is 18.8. The van der Waals surface area contributed by atoms with E-state index in [-0.39, 0.29) is 0 Å². The molecule has 4 rings (SSSR count). The lowest BCUT2D eigenvalue weighted by molar-refractivity contribution is 0.0662. The third kappa shape index (κ3) is 3.44. The fourth-order valence-corrected chi connectivity index (χ4v) is 2.80. The van der Waals surface area contributed by atoms with Gasteiger partial charge in [-0.25, -0.2) is 4.98 Å². The van der Waals surface area contributed by atoms with E-state index in [9.17, 15) is 0 Å². The molecule has 2 aromatic heterocycles. The number of anilines is 3. The summed E-state index contributed by atoms with van der Waals surface area (Å²) in [6.45, 7) is 3.62. The molecule has 2 fully saturated rings. The Bertz CT molecular complexity index is 675. The molecule has 2 aliphatic rings. The highest BCUT2D eigenvalue weighted by molar-refractivity contribution is 5.56. The molecule has 0 spiro atoms. The topological polar surface area (TPSA) is 76.9 Å². The number of nitrogens with one attached hydrogen (secondary N) is 2. The van der Waals surface area contributed by atoms with Crippen molar-refractivity contribution in [2.24, 2.45) is 0 Å². The average molecular weight is 314 g/mol. The number of hydrogen-bond donors (Lipinski definition) is 2. The Morgan fingerprint density at radius 1 is 1.22 bits per heavy atom. The average Bonchev–Trinajstić information content (AvgIpc) is 3.31. The van der Waals surface area contributed by atoms with Gasteiger partial charge >= 0.3 is 0 Å². The van der Waals surface area contributed by atoms with E-state index in [1.807, 2.05) is 17.7 Å². The van der Waals surface area contributed by atoms with Gasteiger partial charge in [-0.15, -0.1) is 0 Å². The maximum absolute atomic E-state index is 5.42. The van der Waals surface area contributed by atoms with Gasteiger partial charge in [-0.3, -0.25) is 4.68 Å². The SMILES string of the molecule is Cc1nn(C2CCOCC2)cc1Nc1nccc(NC2CC2)n1. The first-order chi connectivity index (χ1) is 11.3. The second-order valence-electron chi connectivity index (χ2n) is 6.26. The van der Waals surface area contributed by atoms with Gasteiger partial charge in [-0.05, 0) is 38.7 Å². The van der Waals surface area contributed by atoms with Crippen LogP contribution >= 0.6 is 0 Å². The Morgan fingerprint density at radius 2 is 2.04 bits per heavy atom. The van der Waals surface area contributed by atoms with Gasteiger partial charge in [-0.2, -0.15) is 10.1 Å². The zero-order valence-electron chi connectivity index (χ0n) is 13.3. The first-order valence-corrected chi connectivity index (χ1v) is 8.28. The van der Waals surface area contributed by atoms with Gasteiger partial charge in [0.25, 0.3) is 0 Å². The van der Waals surface area contributed by atoms with Crippen molar-refractivity contribution in [3.05, 3.63) is 24.2 Å². The largest absolute Gasteiger partial charge is 0.381 e. The Balaban J connectivity index is 1.48. The van der Waals surface area contributed by atoms with E-state index < -0.39 is 0 Å². The number of hydrogen-bond acceptors (Lipinski definition) is 6. The van der Waals surface area contributed by atoms with E-state index in [4.69, 9.17) is 4.74 Å². The molecule has 7 nitrogen and oxygen atoms in total. The number of aromatic nitrogens is 4. The molecule has 3 heterocycles. The fraction of sp³-hybridized carbons (Fsp3) is 0.562.